The van der Waals surface area contributed by atoms with Gasteiger partial charge in [-0.1, -0.05) is 43.7 Å². The summed E-state index contributed by atoms with van der Waals surface area (Å²) in [5.74, 6) is 0.567. The molecule has 0 aromatic heterocycles. The fourth-order valence-corrected chi connectivity index (χ4v) is 3.80. The Morgan fingerprint density at radius 2 is 1.85 bits per heavy atom. The number of esters is 1. The Bertz CT molecular complexity index is 962. The predicted octanol–water partition coefficient (Wildman–Crippen LogP) is 5.89. The van der Waals surface area contributed by atoms with Gasteiger partial charge in [-0.2, -0.15) is 0 Å². The highest BCUT2D eigenvalue weighted by atomic mass is 16.5. The smallest absolute Gasteiger partial charge is 0.333 e. The van der Waals surface area contributed by atoms with Gasteiger partial charge >= 0.3 is 5.97 Å². The maximum atomic E-state index is 12.3. The van der Waals surface area contributed by atoms with Crippen molar-refractivity contribution in [3.8, 4) is 16.9 Å². The second-order valence-corrected chi connectivity index (χ2v) is 8.04. The topological polar surface area (TPSA) is 48.0 Å². The van der Waals surface area contributed by atoms with E-state index in [2.05, 4.69) is 54.3 Å². The quantitative estimate of drug-likeness (QED) is 0.243. The first kappa shape index (κ1) is 24.6. The number of carbonyl (C=O) groups is 1. The molecule has 2 aromatic carbocycles. The Balaban J connectivity index is 1.76. The van der Waals surface area contributed by atoms with Gasteiger partial charge in [0, 0.05) is 31.0 Å². The molecule has 0 saturated carbocycles. The Hall–Kier alpha value is -3.05. The number of allylic oxidation sites excluding steroid dienone is 1. The average Bonchev–Trinajstić information content (AvgIpc) is 3.03. The number of benzene rings is 2. The van der Waals surface area contributed by atoms with Gasteiger partial charge < -0.3 is 19.1 Å². The molecule has 0 radical (unpaired) electrons. The third-order valence-electron chi connectivity index (χ3n) is 5.68. The maximum absolute atomic E-state index is 12.3. The number of anilines is 1. The first-order valence-corrected chi connectivity index (χ1v) is 11.8. The van der Waals surface area contributed by atoms with Crippen molar-refractivity contribution in [2.45, 2.75) is 33.1 Å². The lowest BCUT2D eigenvalue weighted by Crippen LogP contribution is -2.25. The molecule has 5 nitrogen and oxygen atoms in total. The minimum absolute atomic E-state index is 0.264. The molecule has 0 bridgehead atoms. The third-order valence-corrected chi connectivity index (χ3v) is 5.68. The SMILES string of the molecule is C/C=C/CN1CCC(C(=O)OC)=Cc2cc(-c3ccc(OCCOCCCC)cc3)ccc21. The number of rotatable bonds is 11. The molecular formula is C28H35NO4. The van der Waals surface area contributed by atoms with E-state index in [1.165, 1.54) is 7.11 Å². The number of fused-ring (bicyclic) bond motifs is 1. The van der Waals surface area contributed by atoms with Gasteiger partial charge in [-0.05, 0) is 66.8 Å². The number of hydrogen-bond acceptors (Lipinski definition) is 5. The molecule has 0 atom stereocenters. The largest absolute Gasteiger partial charge is 0.491 e. The number of nitrogens with zero attached hydrogens (tertiary/aromatic N) is 1. The zero-order chi connectivity index (χ0) is 23.5. The summed E-state index contributed by atoms with van der Waals surface area (Å²) in [7, 11) is 1.43. The van der Waals surface area contributed by atoms with Crippen molar-refractivity contribution >= 4 is 17.7 Å². The van der Waals surface area contributed by atoms with E-state index in [1.54, 1.807) is 0 Å². The molecule has 1 heterocycles. The number of carbonyl (C=O) groups excluding carboxylic acids is 1. The Labute approximate surface area is 197 Å². The van der Waals surface area contributed by atoms with Crippen LogP contribution in [0, 0.1) is 0 Å². The van der Waals surface area contributed by atoms with Crippen LogP contribution in [-0.2, 0) is 14.3 Å². The van der Waals surface area contributed by atoms with Crippen molar-refractivity contribution in [2.75, 3.05) is 44.9 Å². The van der Waals surface area contributed by atoms with E-state index in [-0.39, 0.29) is 5.97 Å². The highest BCUT2D eigenvalue weighted by molar-refractivity contribution is 5.96. The standard InChI is InChI=1S/C28H35NO4/c1-4-6-15-29-16-14-24(28(30)31-3)21-25-20-23(10-13-27(25)29)22-8-11-26(12-9-22)33-19-18-32-17-7-5-2/h4,6,8-13,20-21H,5,7,14-19H2,1-3H3/b6-4+. The molecule has 176 valence electrons. The van der Waals surface area contributed by atoms with Gasteiger partial charge in [-0.3, -0.25) is 0 Å². The fraction of sp³-hybridized carbons (Fsp3) is 0.393. The Morgan fingerprint density at radius 1 is 1.06 bits per heavy atom. The minimum Gasteiger partial charge on any atom is -0.491 e. The summed E-state index contributed by atoms with van der Waals surface area (Å²) in [6.07, 6.45) is 9.03. The molecule has 0 fully saturated rings. The van der Waals surface area contributed by atoms with Crippen molar-refractivity contribution in [1.82, 2.24) is 0 Å². The van der Waals surface area contributed by atoms with Crippen LogP contribution in [0.3, 0.4) is 0 Å². The van der Waals surface area contributed by atoms with E-state index in [0.717, 1.165) is 60.7 Å². The van der Waals surface area contributed by atoms with Crippen LogP contribution in [-0.4, -0.2) is 46.0 Å². The van der Waals surface area contributed by atoms with Crippen LogP contribution in [0.2, 0.25) is 0 Å². The Morgan fingerprint density at radius 3 is 2.58 bits per heavy atom. The highest BCUT2D eigenvalue weighted by Gasteiger charge is 2.19. The number of ether oxygens (including phenoxy) is 3. The van der Waals surface area contributed by atoms with Crippen LogP contribution < -0.4 is 9.64 Å². The lowest BCUT2D eigenvalue weighted by atomic mass is 10.00. The molecule has 0 saturated heterocycles. The third kappa shape index (κ3) is 6.96. The molecule has 0 N–H and O–H groups in total. The van der Waals surface area contributed by atoms with Gasteiger partial charge in [0.05, 0.1) is 13.7 Å². The monoisotopic (exact) mass is 449 g/mol. The van der Waals surface area contributed by atoms with E-state index in [0.29, 0.717) is 25.2 Å². The number of hydrogen-bond donors (Lipinski definition) is 0. The number of methoxy groups -OCH3 is 1. The van der Waals surface area contributed by atoms with E-state index in [9.17, 15) is 4.79 Å². The highest BCUT2D eigenvalue weighted by Crippen LogP contribution is 2.33. The van der Waals surface area contributed by atoms with Crippen molar-refractivity contribution in [3.63, 3.8) is 0 Å². The van der Waals surface area contributed by atoms with Gasteiger partial charge in [0.2, 0.25) is 0 Å². The van der Waals surface area contributed by atoms with Gasteiger partial charge in [0.1, 0.15) is 12.4 Å². The van der Waals surface area contributed by atoms with Crippen molar-refractivity contribution in [2.24, 2.45) is 0 Å². The van der Waals surface area contributed by atoms with E-state index in [1.807, 2.05) is 25.1 Å². The van der Waals surface area contributed by atoms with Crippen LogP contribution in [0.1, 0.15) is 38.7 Å². The summed E-state index contributed by atoms with van der Waals surface area (Å²) in [5.41, 5.74) is 5.04. The molecule has 0 aliphatic carbocycles. The van der Waals surface area contributed by atoms with Crippen molar-refractivity contribution < 1.29 is 19.0 Å². The average molecular weight is 450 g/mol. The van der Waals surface area contributed by atoms with Gasteiger partial charge in [0.25, 0.3) is 0 Å². The lowest BCUT2D eigenvalue weighted by Gasteiger charge is -2.24. The first-order valence-electron chi connectivity index (χ1n) is 11.8. The minimum atomic E-state index is -0.264. The van der Waals surface area contributed by atoms with E-state index < -0.39 is 0 Å². The summed E-state index contributed by atoms with van der Waals surface area (Å²) in [5, 5.41) is 0. The second kappa shape index (κ2) is 12.9. The molecule has 5 heteroatoms. The maximum Gasteiger partial charge on any atom is 0.333 e. The molecule has 33 heavy (non-hydrogen) atoms. The fourth-order valence-electron chi connectivity index (χ4n) is 3.80. The summed E-state index contributed by atoms with van der Waals surface area (Å²) in [4.78, 5) is 14.6. The van der Waals surface area contributed by atoms with E-state index in [4.69, 9.17) is 14.2 Å². The first-order chi connectivity index (χ1) is 16.2. The molecule has 0 amide bonds. The molecule has 1 aliphatic heterocycles. The van der Waals surface area contributed by atoms with Crippen molar-refractivity contribution in [1.29, 1.82) is 0 Å². The van der Waals surface area contributed by atoms with Crippen LogP contribution in [0.15, 0.2) is 60.2 Å². The summed E-state index contributed by atoms with van der Waals surface area (Å²) in [6, 6.07) is 14.5. The molecule has 3 rings (SSSR count). The van der Waals surface area contributed by atoms with Gasteiger partial charge in [-0.15, -0.1) is 0 Å². The molecule has 1 aliphatic rings. The molecule has 0 unspecified atom stereocenters. The predicted molar refractivity (Wildman–Crippen MR) is 135 cm³/mol. The summed E-state index contributed by atoms with van der Waals surface area (Å²) >= 11 is 0. The van der Waals surface area contributed by atoms with Gasteiger partial charge in [0.15, 0.2) is 0 Å². The molecular weight excluding hydrogens is 414 g/mol. The summed E-state index contributed by atoms with van der Waals surface area (Å²) in [6.45, 7) is 7.68. The van der Waals surface area contributed by atoms with Gasteiger partial charge in [-0.25, -0.2) is 4.79 Å². The summed E-state index contributed by atoms with van der Waals surface area (Å²) < 4.78 is 16.3. The Kier molecular flexibility index (Phi) is 9.58. The molecule has 2 aromatic rings. The zero-order valence-corrected chi connectivity index (χ0v) is 20.0. The van der Waals surface area contributed by atoms with Crippen molar-refractivity contribution in [3.05, 3.63) is 65.8 Å². The lowest BCUT2D eigenvalue weighted by molar-refractivity contribution is -0.136. The zero-order valence-electron chi connectivity index (χ0n) is 20.0. The number of unbranched alkanes of at least 4 members (excludes halogenated alkanes) is 1. The van der Waals surface area contributed by atoms with Crippen LogP contribution >= 0.6 is 0 Å². The van der Waals surface area contributed by atoms with E-state index >= 15 is 0 Å². The molecule has 0 spiro atoms. The second-order valence-electron chi connectivity index (χ2n) is 8.04. The normalized spacial score (nSPS) is 13.4. The van der Waals surface area contributed by atoms with Crippen LogP contribution in [0.4, 0.5) is 5.69 Å². The van der Waals surface area contributed by atoms with Crippen LogP contribution in [0.25, 0.3) is 17.2 Å². The van der Waals surface area contributed by atoms with Crippen LogP contribution in [0.5, 0.6) is 5.75 Å².